The van der Waals surface area contributed by atoms with Gasteiger partial charge in [0.25, 0.3) is 0 Å². The van der Waals surface area contributed by atoms with Crippen molar-refractivity contribution in [1.29, 1.82) is 0 Å². The molecular formula is C18H22. The first-order valence-electron chi connectivity index (χ1n) is 7.64. The molecule has 2 fully saturated rings. The van der Waals surface area contributed by atoms with Crippen molar-refractivity contribution < 1.29 is 0 Å². The van der Waals surface area contributed by atoms with Gasteiger partial charge in [-0.2, -0.15) is 0 Å². The van der Waals surface area contributed by atoms with Crippen LogP contribution in [0.4, 0.5) is 0 Å². The summed E-state index contributed by atoms with van der Waals surface area (Å²) in [6.07, 6.45) is 23.6. The Labute approximate surface area is 110 Å². The van der Waals surface area contributed by atoms with Gasteiger partial charge in [-0.15, -0.1) is 0 Å². The Bertz CT molecular complexity index is 449. The van der Waals surface area contributed by atoms with E-state index in [9.17, 15) is 0 Å². The van der Waals surface area contributed by atoms with E-state index in [4.69, 9.17) is 0 Å². The molecule has 94 valence electrons. The van der Waals surface area contributed by atoms with Crippen molar-refractivity contribution in [2.24, 2.45) is 29.6 Å². The van der Waals surface area contributed by atoms with E-state index in [-0.39, 0.29) is 0 Å². The van der Waals surface area contributed by atoms with Crippen LogP contribution in [0.2, 0.25) is 0 Å². The van der Waals surface area contributed by atoms with E-state index in [1.165, 1.54) is 32.1 Å². The lowest BCUT2D eigenvalue weighted by Crippen LogP contribution is -2.28. The average Bonchev–Trinajstić information content (AvgIpc) is 3.05. The molecule has 5 unspecified atom stereocenters. The van der Waals surface area contributed by atoms with Crippen LogP contribution in [0.25, 0.3) is 0 Å². The topological polar surface area (TPSA) is 0 Å². The van der Waals surface area contributed by atoms with Gasteiger partial charge < -0.3 is 0 Å². The van der Waals surface area contributed by atoms with Crippen LogP contribution < -0.4 is 0 Å². The fourth-order valence-electron chi connectivity index (χ4n) is 5.00. The molecule has 4 aliphatic rings. The highest BCUT2D eigenvalue weighted by atomic mass is 14.5. The van der Waals surface area contributed by atoms with Gasteiger partial charge in [0.1, 0.15) is 0 Å². The zero-order valence-corrected chi connectivity index (χ0v) is 11.0. The van der Waals surface area contributed by atoms with Gasteiger partial charge in [0.2, 0.25) is 0 Å². The standard InChI is InChI=1S/C18H22/c1-2-7-13(6-1)15-10-5-11-17-16-9-4-3-8-14(16)12-18(15)17/h1-4,6,8-9,14-18H,5,7,10-12H2. The van der Waals surface area contributed by atoms with E-state index in [0.29, 0.717) is 0 Å². The second-order valence-electron chi connectivity index (χ2n) is 6.49. The molecule has 0 heteroatoms. The van der Waals surface area contributed by atoms with E-state index in [1.807, 2.05) is 0 Å². The van der Waals surface area contributed by atoms with E-state index in [2.05, 4.69) is 42.5 Å². The SMILES string of the molecule is C1=CCC(C2CCCC3C4C=CC=CC4CC23)=C1. The molecule has 0 heterocycles. The van der Waals surface area contributed by atoms with Gasteiger partial charge in [-0.1, -0.05) is 54.5 Å². The van der Waals surface area contributed by atoms with Crippen molar-refractivity contribution in [3.8, 4) is 0 Å². The van der Waals surface area contributed by atoms with Crippen molar-refractivity contribution in [1.82, 2.24) is 0 Å². The maximum Gasteiger partial charge on any atom is -0.0130 e. The highest BCUT2D eigenvalue weighted by Crippen LogP contribution is 2.55. The molecule has 0 bridgehead atoms. The smallest absolute Gasteiger partial charge is 0.0130 e. The van der Waals surface area contributed by atoms with Crippen LogP contribution in [0.5, 0.6) is 0 Å². The zero-order chi connectivity index (χ0) is 11.9. The third kappa shape index (κ3) is 1.58. The zero-order valence-electron chi connectivity index (χ0n) is 11.0. The minimum absolute atomic E-state index is 0.848. The molecule has 4 aliphatic carbocycles. The van der Waals surface area contributed by atoms with Crippen LogP contribution in [-0.4, -0.2) is 0 Å². The van der Waals surface area contributed by atoms with Crippen molar-refractivity contribution in [2.75, 3.05) is 0 Å². The molecule has 0 N–H and O–H groups in total. The lowest BCUT2D eigenvalue weighted by Gasteiger charge is -2.36. The number of hydrogen-bond acceptors (Lipinski definition) is 0. The second kappa shape index (κ2) is 4.26. The molecular weight excluding hydrogens is 216 g/mol. The third-order valence-electron chi connectivity index (χ3n) is 5.73. The minimum Gasteiger partial charge on any atom is -0.0808 e. The molecule has 0 saturated heterocycles. The Morgan fingerprint density at radius 1 is 0.944 bits per heavy atom. The van der Waals surface area contributed by atoms with Crippen LogP contribution in [-0.2, 0) is 0 Å². The second-order valence-corrected chi connectivity index (χ2v) is 6.49. The van der Waals surface area contributed by atoms with Crippen LogP contribution in [0.3, 0.4) is 0 Å². The molecule has 0 aromatic heterocycles. The summed E-state index contributed by atoms with van der Waals surface area (Å²) in [4.78, 5) is 0. The number of hydrogen-bond donors (Lipinski definition) is 0. The predicted molar refractivity (Wildman–Crippen MR) is 76.0 cm³/mol. The van der Waals surface area contributed by atoms with Crippen molar-refractivity contribution in [2.45, 2.75) is 32.1 Å². The van der Waals surface area contributed by atoms with Gasteiger partial charge >= 0.3 is 0 Å². The van der Waals surface area contributed by atoms with Crippen LogP contribution in [0.1, 0.15) is 32.1 Å². The summed E-state index contributed by atoms with van der Waals surface area (Å²) in [7, 11) is 0. The molecule has 0 aromatic rings. The molecule has 5 atom stereocenters. The maximum absolute atomic E-state index is 2.50. The van der Waals surface area contributed by atoms with Gasteiger partial charge in [-0.25, -0.2) is 0 Å². The molecule has 0 nitrogen and oxygen atoms in total. The van der Waals surface area contributed by atoms with Gasteiger partial charge in [0, 0.05) is 0 Å². The predicted octanol–water partition coefficient (Wildman–Crippen LogP) is 4.67. The number of fused-ring (bicyclic) bond motifs is 3. The summed E-state index contributed by atoms with van der Waals surface area (Å²) in [6.45, 7) is 0. The quantitative estimate of drug-likeness (QED) is 0.623. The Morgan fingerprint density at radius 2 is 1.89 bits per heavy atom. The van der Waals surface area contributed by atoms with Crippen molar-refractivity contribution in [3.05, 3.63) is 48.1 Å². The molecule has 0 spiro atoms. The molecule has 4 rings (SSSR count). The summed E-state index contributed by atoms with van der Waals surface area (Å²) >= 11 is 0. The molecule has 0 amide bonds. The Hall–Kier alpha value is -1.04. The first-order valence-corrected chi connectivity index (χ1v) is 7.64. The third-order valence-corrected chi connectivity index (χ3v) is 5.73. The van der Waals surface area contributed by atoms with E-state index >= 15 is 0 Å². The lowest BCUT2D eigenvalue weighted by atomic mass is 9.68. The van der Waals surface area contributed by atoms with E-state index in [0.717, 1.165) is 29.6 Å². The summed E-state index contributed by atoms with van der Waals surface area (Å²) in [6, 6.07) is 0. The van der Waals surface area contributed by atoms with Gasteiger partial charge in [-0.3, -0.25) is 0 Å². The normalized spacial score (nSPS) is 44.9. The number of rotatable bonds is 1. The molecule has 0 radical (unpaired) electrons. The Kier molecular flexibility index (Phi) is 2.57. The van der Waals surface area contributed by atoms with Crippen LogP contribution >= 0.6 is 0 Å². The van der Waals surface area contributed by atoms with Crippen LogP contribution in [0, 0.1) is 29.6 Å². The van der Waals surface area contributed by atoms with Crippen molar-refractivity contribution >= 4 is 0 Å². The largest absolute Gasteiger partial charge is 0.0808 e. The highest BCUT2D eigenvalue weighted by molar-refractivity contribution is 5.28. The van der Waals surface area contributed by atoms with E-state index in [1.54, 1.807) is 5.57 Å². The maximum atomic E-state index is 2.50. The first kappa shape index (κ1) is 10.8. The Balaban J connectivity index is 1.61. The van der Waals surface area contributed by atoms with Gasteiger partial charge in [0.15, 0.2) is 0 Å². The number of allylic oxidation sites excluding steroid dienone is 8. The Morgan fingerprint density at radius 3 is 2.78 bits per heavy atom. The molecule has 2 saturated carbocycles. The van der Waals surface area contributed by atoms with Crippen LogP contribution in [0.15, 0.2) is 48.1 Å². The summed E-state index contributed by atoms with van der Waals surface area (Å²) in [5.74, 6) is 4.54. The van der Waals surface area contributed by atoms with Crippen molar-refractivity contribution in [3.63, 3.8) is 0 Å². The fourth-order valence-corrected chi connectivity index (χ4v) is 5.00. The summed E-state index contributed by atoms with van der Waals surface area (Å²) in [5.41, 5.74) is 1.73. The average molecular weight is 238 g/mol. The van der Waals surface area contributed by atoms with Gasteiger partial charge in [-0.05, 0) is 55.3 Å². The minimum atomic E-state index is 0.848. The van der Waals surface area contributed by atoms with E-state index < -0.39 is 0 Å². The molecule has 0 aromatic carbocycles. The highest BCUT2D eigenvalue weighted by Gasteiger charge is 2.46. The molecule has 0 aliphatic heterocycles. The fraction of sp³-hybridized carbons (Fsp3) is 0.556. The summed E-state index contributed by atoms with van der Waals surface area (Å²) < 4.78 is 0. The first-order chi connectivity index (χ1) is 8.93. The molecule has 18 heavy (non-hydrogen) atoms. The lowest BCUT2D eigenvalue weighted by molar-refractivity contribution is 0.189. The monoisotopic (exact) mass is 238 g/mol. The summed E-state index contributed by atoms with van der Waals surface area (Å²) in [5, 5.41) is 0. The van der Waals surface area contributed by atoms with Gasteiger partial charge in [0.05, 0.1) is 0 Å².